The summed E-state index contributed by atoms with van der Waals surface area (Å²) in [6, 6.07) is 8.48. The molecule has 1 amide bonds. The molecule has 2 aromatic rings. The summed E-state index contributed by atoms with van der Waals surface area (Å²) in [5.41, 5.74) is 0.371. The molecule has 2 aromatic carbocycles. The number of ether oxygens (including phenoxy) is 2. The highest BCUT2D eigenvalue weighted by atomic mass is 32.2. The fraction of sp³-hybridized carbons (Fsp3) is 0.316. The van der Waals surface area contributed by atoms with Crippen LogP contribution < -0.4 is 19.5 Å². The fourth-order valence-corrected chi connectivity index (χ4v) is 4.03. The number of rotatable bonds is 6. The Morgan fingerprint density at radius 3 is 2.32 bits per heavy atom. The van der Waals surface area contributed by atoms with Crippen molar-refractivity contribution < 1.29 is 27.1 Å². The lowest BCUT2D eigenvalue weighted by Gasteiger charge is -2.23. The molecule has 7 nitrogen and oxygen atoms in total. The summed E-state index contributed by atoms with van der Waals surface area (Å²) in [5.74, 6) is -0.487. The summed E-state index contributed by atoms with van der Waals surface area (Å²) in [6.07, 6.45) is 0. The second-order valence-electron chi connectivity index (χ2n) is 6.64. The normalized spacial score (nSPS) is 14.6. The van der Waals surface area contributed by atoms with E-state index < -0.39 is 27.8 Å². The minimum absolute atomic E-state index is 0.0306. The largest absolute Gasteiger partial charge is 0.486 e. The third kappa shape index (κ3) is 4.60. The van der Waals surface area contributed by atoms with Gasteiger partial charge in [-0.3, -0.25) is 4.79 Å². The fourth-order valence-electron chi connectivity index (χ4n) is 2.67. The van der Waals surface area contributed by atoms with Crippen LogP contribution in [0.1, 0.15) is 13.8 Å². The van der Waals surface area contributed by atoms with Crippen molar-refractivity contribution in [2.45, 2.75) is 24.8 Å². The minimum atomic E-state index is -3.99. The Labute approximate surface area is 162 Å². The highest BCUT2D eigenvalue weighted by Gasteiger charge is 2.29. The molecule has 3 rings (SSSR count). The quantitative estimate of drug-likeness (QED) is 0.766. The van der Waals surface area contributed by atoms with Crippen LogP contribution in [0, 0.1) is 11.7 Å². The molecule has 1 heterocycles. The van der Waals surface area contributed by atoms with Crippen molar-refractivity contribution in [1.82, 2.24) is 4.72 Å². The molecule has 2 N–H and O–H groups in total. The highest BCUT2D eigenvalue weighted by molar-refractivity contribution is 7.89. The molecule has 1 aliphatic heterocycles. The number of anilines is 1. The Morgan fingerprint density at radius 1 is 1.04 bits per heavy atom. The number of nitrogens with one attached hydrogen (secondary N) is 2. The number of hydrogen-bond donors (Lipinski definition) is 2. The van der Waals surface area contributed by atoms with E-state index >= 15 is 0 Å². The maximum atomic E-state index is 13.0. The van der Waals surface area contributed by atoms with Crippen molar-refractivity contribution in [3.05, 3.63) is 48.3 Å². The zero-order valence-electron chi connectivity index (χ0n) is 15.4. The number of sulfonamides is 1. The van der Waals surface area contributed by atoms with Crippen LogP contribution in [-0.2, 0) is 14.8 Å². The van der Waals surface area contributed by atoms with Gasteiger partial charge in [-0.15, -0.1) is 0 Å². The van der Waals surface area contributed by atoms with Crippen molar-refractivity contribution in [3.63, 3.8) is 0 Å². The second-order valence-corrected chi connectivity index (χ2v) is 8.36. The van der Waals surface area contributed by atoms with Gasteiger partial charge in [0.05, 0.1) is 4.90 Å². The number of benzene rings is 2. The Kier molecular flexibility index (Phi) is 5.85. The van der Waals surface area contributed by atoms with E-state index in [-0.39, 0.29) is 10.8 Å². The smallest absolute Gasteiger partial charge is 0.242 e. The Bertz CT molecular complexity index is 961. The molecule has 9 heteroatoms. The lowest BCUT2D eigenvalue weighted by Crippen LogP contribution is -2.47. The molecule has 0 saturated carbocycles. The van der Waals surface area contributed by atoms with Gasteiger partial charge in [0, 0.05) is 11.8 Å². The van der Waals surface area contributed by atoms with Gasteiger partial charge in [-0.05, 0) is 42.3 Å². The first-order valence-electron chi connectivity index (χ1n) is 8.75. The predicted octanol–water partition coefficient (Wildman–Crippen LogP) is 2.54. The lowest BCUT2D eigenvalue weighted by atomic mass is 10.0. The van der Waals surface area contributed by atoms with Crippen LogP contribution in [-0.4, -0.2) is 33.6 Å². The van der Waals surface area contributed by atoms with Crippen LogP contribution in [0.25, 0.3) is 0 Å². The van der Waals surface area contributed by atoms with E-state index in [2.05, 4.69) is 10.0 Å². The average Bonchev–Trinajstić information content (AvgIpc) is 2.67. The number of hydrogen-bond acceptors (Lipinski definition) is 5. The minimum Gasteiger partial charge on any atom is -0.486 e. The van der Waals surface area contributed by atoms with Crippen molar-refractivity contribution >= 4 is 21.6 Å². The van der Waals surface area contributed by atoms with Gasteiger partial charge in [0.25, 0.3) is 0 Å². The molecule has 0 aliphatic carbocycles. The number of carbonyl (C=O) groups is 1. The van der Waals surface area contributed by atoms with Gasteiger partial charge in [0.2, 0.25) is 15.9 Å². The standard InChI is InChI=1S/C19H21FN2O5S/c1-12(2)18(19(23)21-14-5-3-13(20)4-6-14)22-28(24,25)15-7-8-16-17(11-15)27-10-9-26-16/h3-8,11-12,18,22H,9-10H2,1-2H3,(H,21,23)/t18-/m0/s1. The van der Waals surface area contributed by atoms with Crippen molar-refractivity contribution in [1.29, 1.82) is 0 Å². The molecule has 0 saturated heterocycles. The van der Waals surface area contributed by atoms with Gasteiger partial charge >= 0.3 is 0 Å². The van der Waals surface area contributed by atoms with Crippen LogP contribution in [0.15, 0.2) is 47.4 Å². The van der Waals surface area contributed by atoms with E-state index in [0.717, 1.165) is 0 Å². The van der Waals surface area contributed by atoms with Crippen LogP contribution in [0.4, 0.5) is 10.1 Å². The molecule has 0 radical (unpaired) electrons. The van der Waals surface area contributed by atoms with Crippen LogP contribution >= 0.6 is 0 Å². The molecule has 1 atom stereocenters. The molecule has 1 aliphatic rings. The summed E-state index contributed by atoms with van der Waals surface area (Å²) in [6.45, 7) is 4.18. The average molecular weight is 408 g/mol. The molecule has 0 unspecified atom stereocenters. The van der Waals surface area contributed by atoms with Crippen molar-refractivity contribution in [2.75, 3.05) is 18.5 Å². The zero-order chi connectivity index (χ0) is 20.3. The van der Waals surface area contributed by atoms with Crippen molar-refractivity contribution in [2.24, 2.45) is 5.92 Å². The topological polar surface area (TPSA) is 93.7 Å². The highest BCUT2D eigenvalue weighted by Crippen LogP contribution is 2.32. The predicted molar refractivity (Wildman–Crippen MR) is 101 cm³/mol. The molecule has 0 fully saturated rings. The van der Waals surface area contributed by atoms with Gasteiger partial charge in [-0.1, -0.05) is 13.8 Å². The van der Waals surface area contributed by atoms with E-state index in [9.17, 15) is 17.6 Å². The van der Waals surface area contributed by atoms with E-state index in [1.807, 2.05) is 0 Å². The molecular formula is C19H21FN2O5S. The van der Waals surface area contributed by atoms with Crippen LogP contribution in [0.2, 0.25) is 0 Å². The third-order valence-corrected chi connectivity index (χ3v) is 5.61. The first-order valence-corrected chi connectivity index (χ1v) is 10.2. The second kappa shape index (κ2) is 8.15. The molecular weight excluding hydrogens is 387 g/mol. The Balaban J connectivity index is 1.79. The summed E-state index contributed by atoms with van der Waals surface area (Å²) in [7, 11) is -3.99. The Morgan fingerprint density at radius 2 is 1.68 bits per heavy atom. The molecule has 0 aromatic heterocycles. The molecule has 0 spiro atoms. The maximum Gasteiger partial charge on any atom is 0.242 e. The molecule has 150 valence electrons. The van der Waals surface area contributed by atoms with E-state index in [1.54, 1.807) is 13.8 Å². The SMILES string of the molecule is CC(C)[C@H](NS(=O)(=O)c1ccc2c(c1)OCCO2)C(=O)Nc1ccc(F)cc1. The van der Waals surface area contributed by atoms with Gasteiger partial charge < -0.3 is 14.8 Å². The maximum absolute atomic E-state index is 13.0. The summed E-state index contributed by atoms with van der Waals surface area (Å²) in [5, 5.41) is 2.60. The van der Waals surface area contributed by atoms with E-state index in [4.69, 9.17) is 9.47 Å². The molecule has 28 heavy (non-hydrogen) atoms. The summed E-state index contributed by atoms with van der Waals surface area (Å²) >= 11 is 0. The first kappa shape index (κ1) is 20.1. The summed E-state index contributed by atoms with van der Waals surface area (Å²) < 4.78 is 51.9. The van der Waals surface area contributed by atoms with Crippen molar-refractivity contribution in [3.8, 4) is 11.5 Å². The Hall–Kier alpha value is -2.65. The van der Waals surface area contributed by atoms with Gasteiger partial charge in [-0.2, -0.15) is 4.72 Å². The van der Waals surface area contributed by atoms with Gasteiger partial charge in [0.15, 0.2) is 11.5 Å². The third-order valence-electron chi connectivity index (χ3n) is 4.17. The number of fused-ring (bicyclic) bond motifs is 1. The van der Waals surface area contributed by atoms with E-state index in [0.29, 0.717) is 30.4 Å². The zero-order valence-corrected chi connectivity index (χ0v) is 16.3. The van der Waals surface area contributed by atoms with Crippen LogP contribution in [0.5, 0.6) is 11.5 Å². The van der Waals surface area contributed by atoms with Crippen LogP contribution in [0.3, 0.4) is 0 Å². The van der Waals surface area contributed by atoms with E-state index in [1.165, 1.54) is 42.5 Å². The molecule has 0 bridgehead atoms. The summed E-state index contributed by atoms with van der Waals surface area (Å²) in [4.78, 5) is 12.6. The number of amides is 1. The van der Waals surface area contributed by atoms with Gasteiger partial charge in [0.1, 0.15) is 25.1 Å². The van der Waals surface area contributed by atoms with Gasteiger partial charge in [-0.25, -0.2) is 12.8 Å². The first-order chi connectivity index (χ1) is 13.3. The lowest BCUT2D eigenvalue weighted by molar-refractivity contribution is -0.118. The number of carbonyl (C=O) groups excluding carboxylic acids is 1. The number of halogens is 1. The monoisotopic (exact) mass is 408 g/mol.